The van der Waals surface area contributed by atoms with Crippen molar-refractivity contribution in [1.82, 2.24) is 10.1 Å². The molecule has 0 aliphatic heterocycles. The molecule has 1 saturated carbocycles. The second-order valence-electron chi connectivity index (χ2n) is 8.18. The van der Waals surface area contributed by atoms with E-state index in [4.69, 9.17) is 4.52 Å². The molecular weight excluding hydrogens is 412 g/mol. The topological polar surface area (TPSA) is 87.5 Å². The van der Waals surface area contributed by atoms with Crippen molar-refractivity contribution in [2.75, 3.05) is 23.4 Å². The zero-order valence-electron chi connectivity index (χ0n) is 18.5. The molecular formula is C23H32N4O3S. The van der Waals surface area contributed by atoms with Crippen LogP contribution in [0.1, 0.15) is 50.4 Å². The second kappa shape index (κ2) is 11.3. The molecule has 1 aromatic heterocycles. The van der Waals surface area contributed by atoms with Gasteiger partial charge in [0.05, 0.1) is 11.0 Å². The second-order valence-corrected chi connectivity index (χ2v) is 9.51. The van der Waals surface area contributed by atoms with Gasteiger partial charge in [0.2, 0.25) is 11.8 Å². The van der Waals surface area contributed by atoms with Crippen molar-refractivity contribution in [2.45, 2.75) is 63.8 Å². The molecule has 168 valence electrons. The van der Waals surface area contributed by atoms with Gasteiger partial charge in [-0.3, -0.25) is 14.5 Å². The van der Waals surface area contributed by atoms with Gasteiger partial charge in [-0.05, 0) is 45.4 Å². The predicted octanol–water partition coefficient (Wildman–Crippen LogP) is 4.45. The monoisotopic (exact) mass is 444 g/mol. The van der Waals surface area contributed by atoms with Crippen molar-refractivity contribution >= 4 is 35.1 Å². The predicted molar refractivity (Wildman–Crippen MR) is 125 cm³/mol. The fraction of sp³-hybridized carbons (Fsp3) is 0.522. The van der Waals surface area contributed by atoms with Gasteiger partial charge in [-0.15, -0.1) is 11.8 Å². The molecule has 0 spiro atoms. The van der Waals surface area contributed by atoms with Crippen LogP contribution in [0, 0.1) is 6.92 Å². The summed E-state index contributed by atoms with van der Waals surface area (Å²) in [6.07, 6.45) is 6.42. The van der Waals surface area contributed by atoms with E-state index < -0.39 is 5.25 Å². The molecule has 1 aliphatic rings. The Bertz CT molecular complexity index is 879. The molecule has 1 heterocycles. The first-order valence-electron chi connectivity index (χ1n) is 10.9. The van der Waals surface area contributed by atoms with Crippen LogP contribution in [-0.4, -0.2) is 46.0 Å². The van der Waals surface area contributed by atoms with Crippen molar-refractivity contribution < 1.29 is 14.1 Å². The van der Waals surface area contributed by atoms with E-state index in [2.05, 4.69) is 33.8 Å². The minimum Gasteiger partial charge on any atom is -0.360 e. The summed E-state index contributed by atoms with van der Waals surface area (Å²) in [4.78, 5) is 27.2. The largest absolute Gasteiger partial charge is 0.360 e. The van der Waals surface area contributed by atoms with Gasteiger partial charge in [-0.1, -0.05) is 42.6 Å². The Morgan fingerprint density at radius 1 is 1.23 bits per heavy atom. The molecule has 2 amide bonds. The van der Waals surface area contributed by atoms with Crippen LogP contribution >= 0.6 is 11.8 Å². The van der Waals surface area contributed by atoms with Crippen LogP contribution in [-0.2, 0) is 16.1 Å². The Kier molecular flexibility index (Phi) is 8.54. The third kappa shape index (κ3) is 7.11. The van der Waals surface area contributed by atoms with Gasteiger partial charge >= 0.3 is 0 Å². The summed E-state index contributed by atoms with van der Waals surface area (Å²) in [5.74, 6) is 0.882. The van der Waals surface area contributed by atoms with Gasteiger partial charge in [-0.2, -0.15) is 0 Å². The number of aromatic nitrogens is 1. The number of carbonyl (C=O) groups excluding carboxylic acids is 2. The van der Waals surface area contributed by atoms with Crippen LogP contribution in [0.25, 0.3) is 0 Å². The maximum atomic E-state index is 12.5. The summed E-state index contributed by atoms with van der Waals surface area (Å²) in [6, 6.07) is 10.2. The number of thioether (sulfide) groups is 1. The first-order valence-corrected chi connectivity index (χ1v) is 11.9. The molecule has 0 radical (unpaired) electrons. The summed E-state index contributed by atoms with van der Waals surface area (Å²) in [6.45, 7) is 4.34. The zero-order chi connectivity index (χ0) is 22.2. The van der Waals surface area contributed by atoms with Gasteiger partial charge in [0.25, 0.3) is 0 Å². The lowest BCUT2D eigenvalue weighted by Gasteiger charge is -2.31. The molecule has 3 rings (SSSR count). The van der Waals surface area contributed by atoms with Crippen LogP contribution in [0.5, 0.6) is 0 Å². The number of amides is 2. The minimum atomic E-state index is -0.393. The van der Waals surface area contributed by atoms with Gasteiger partial charge in [0.1, 0.15) is 5.76 Å². The number of carbonyl (C=O) groups is 2. The number of hydrogen-bond acceptors (Lipinski definition) is 6. The van der Waals surface area contributed by atoms with Crippen molar-refractivity contribution in [2.24, 2.45) is 0 Å². The molecule has 1 fully saturated rings. The molecule has 0 bridgehead atoms. The van der Waals surface area contributed by atoms with E-state index in [1.165, 1.54) is 43.9 Å². The van der Waals surface area contributed by atoms with Crippen LogP contribution in [0.3, 0.4) is 0 Å². The van der Waals surface area contributed by atoms with Gasteiger partial charge < -0.3 is 15.2 Å². The summed E-state index contributed by atoms with van der Waals surface area (Å²) < 4.78 is 4.95. The molecule has 1 unspecified atom stereocenters. The van der Waals surface area contributed by atoms with E-state index in [9.17, 15) is 9.59 Å². The molecule has 0 saturated heterocycles. The number of nitrogens with zero attached hydrogens (tertiary/aromatic N) is 2. The summed E-state index contributed by atoms with van der Waals surface area (Å²) in [5.41, 5.74) is 1.95. The Hall–Kier alpha value is -2.32. The van der Waals surface area contributed by atoms with Crippen LogP contribution in [0.4, 0.5) is 11.5 Å². The van der Waals surface area contributed by atoms with E-state index in [1.807, 2.05) is 18.2 Å². The number of hydrogen-bond donors (Lipinski definition) is 2. The normalized spacial score (nSPS) is 15.6. The van der Waals surface area contributed by atoms with E-state index >= 15 is 0 Å². The molecule has 1 atom stereocenters. The van der Waals surface area contributed by atoms with Crippen molar-refractivity contribution in [3.05, 3.63) is 41.7 Å². The maximum Gasteiger partial charge on any atom is 0.238 e. The molecule has 31 heavy (non-hydrogen) atoms. The number of rotatable bonds is 9. The average Bonchev–Trinajstić information content (AvgIpc) is 3.18. The Morgan fingerprint density at radius 2 is 1.97 bits per heavy atom. The average molecular weight is 445 g/mol. The lowest BCUT2D eigenvalue weighted by molar-refractivity contribution is -0.115. The molecule has 2 aromatic rings. The fourth-order valence-electron chi connectivity index (χ4n) is 3.82. The first kappa shape index (κ1) is 23.3. The van der Waals surface area contributed by atoms with Gasteiger partial charge in [0.15, 0.2) is 5.82 Å². The zero-order valence-corrected chi connectivity index (χ0v) is 19.3. The first-order chi connectivity index (χ1) is 14.9. The third-order valence-corrected chi connectivity index (χ3v) is 6.77. The minimum absolute atomic E-state index is 0.116. The lowest BCUT2D eigenvalue weighted by Crippen LogP contribution is -2.33. The smallest absolute Gasteiger partial charge is 0.238 e. The number of benzene rings is 1. The number of aryl methyl sites for hydroxylation is 1. The quantitative estimate of drug-likeness (QED) is 0.594. The van der Waals surface area contributed by atoms with E-state index in [-0.39, 0.29) is 17.6 Å². The molecule has 7 nitrogen and oxygen atoms in total. The molecule has 1 aromatic carbocycles. The molecule has 8 heteroatoms. The highest BCUT2D eigenvalue weighted by Gasteiger charge is 2.20. The lowest BCUT2D eigenvalue weighted by atomic mass is 9.94. The fourth-order valence-corrected chi connectivity index (χ4v) is 4.50. The highest BCUT2D eigenvalue weighted by molar-refractivity contribution is 8.01. The van der Waals surface area contributed by atoms with Gasteiger partial charge in [0, 0.05) is 24.3 Å². The third-order valence-electron chi connectivity index (χ3n) is 5.62. The Labute approximate surface area is 188 Å². The number of anilines is 2. The SMILES string of the molecule is Cc1cc(NC(=O)C(C)SCC(=O)Nc2ccccc2CN(C)C2CCCCC2)no1. The number of nitrogens with one attached hydrogen (secondary N) is 2. The Balaban J connectivity index is 1.49. The van der Waals surface area contributed by atoms with Crippen molar-refractivity contribution in [1.29, 1.82) is 0 Å². The molecule has 1 aliphatic carbocycles. The molecule has 2 N–H and O–H groups in total. The van der Waals surface area contributed by atoms with Gasteiger partial charge in [-0.25, -0.2) is 0 Å². The highest BCUT2D eigenvalue weighted by Crippen LogP contribution is 2.25. The maximum absolute atomic E-state index is 12.5. The van der Waals surface area contributed by atoms with E-state index in [0.717, 1.165) is 17.8 Å². The van der Waals surface area contributed by atoms with Crippen LogP contribution in [0.15, 0.2) is 34.9 Å². The standard InChI is InChI=1S/C23H32N4O3S/c1-16-13-21(26-30-16)25-23(29)17(2)31-15-22(28)24-20-12-8-7-9-18(20)14-27(3)19-10-5-4-6-11-19/h7-9,12-13,17,19H,4-6,10-11,14-15H2,1-3H3,(H,24,28)(H,25,26,29). The van der Waals surface area contributed by atoms with Crippen molar-refractivity contribution in [3.63, 3.8) is 0 Å². The highest BCUT2D eigenvalue weighted by atomic mass is 32.2. The number of para-hydroxylation sites is 1. The van der Waals surface area contributed by atoms with Crippen LogP contribution in [0.2, 0.25) is 0 Å². The van der Waals surface area contributed by atoms with Crippen molar-refractivity contribution in [3.8, 4) is 0 Å². The summed E-state index contributed by atoms with van der Waals surface area (Å²) in [7, 11) is 2.17. The van der Waals surface area contributed by atoms with E-state index in [1.54, 1.807) is 19.9 Å². The Morgan fingerprint density at radius 3 is 2.68 bits per heavy atom. The van der Waals surface area contributed by atoms with E-state index in [0.29, 0.717) is 17.6 Å². The summed E-state index contributed by atoms with van der Waals surface area (Å²) >= 11 is 1.29. The van der Waals surface area contributed by atoms with Crippen LogP contribution < -0.4 is 10.6 Å². The summed E-state index contributed by atoms with van der Waals surface area (Å²) in [5, 5.41) is 9.08.